The quantitative estimate of drug-likeness (QED) is 0.671. The van der Waals surface area contributed by atoms with Gasteiger partial charge >= 0.3 is 0 Å². The van der Waals surface area contributed by atoms with Gasteiger partial charge in [0.25, 0.3) is 5.89 Å². The normalized spacial score (nSPS) is 14.8. The molecule has 3 aromatic rings. The lowest BCUT2D eigenvalue weighted by atomic mass is 10.2. The van der Waals surface area contributed by atoms with E-state index in [9.17, 15) is 0 Å². The van der Waals surface area contributed by atoms with Crippen molar-refractivity contribution in [1.29, 1.82) is 5.26 Å². The number of benzene rings is 1. The number of piperazine rings is 1. The van der Waals surface area contributed by atoms with Crippen LogP contribution < -0.4 is 4.90 Å². The summed E-state index contributed by atoms with van der Waals surface area (Å²) in [5.74, 6) is 1.65. The van der Waals surface area contributed by atoms with Crippen LogP contribution in [0.1, 0.15) is 12.1 Å². The van der Waals surface area contributed by atoms with Gasteiger partial charge in [0, 0.05) is 44.7 Å². The second-order valence-corrected chi connectivity index (χ2v) is 6.68. The van der Waals surface area contributed by atoms with Crippen LogP contribution in [-0.4, -0.2) is 57.8 Å². The minimum Gasteiger partial charge on any atom is -0.415 e. The standard InChI is InChI=1S/C20H21N7O/c1-15-18(20-25-24-19(28-20)16-6-3-2-4-7-16)23-17(14-22-15)27-12-10-26(11-13-27)9-5-8-21/h2-4,6-7,14H,5,9-13H2,1H3. The monoisotopic (exact) mass is 375 g/mol. The number of rotatable bonds is 5. The molecule has 28 heavy (non-hydrogen) atoms. The summed E-state index contributed by atoms with van der Waals surface area (Å²) >= 11 is 0. The van der Waals surface area contributed by atoms with Gasteiger partial charge in [-0.15, -0.1) is 10.2 Å². The van der Waals surface area contributed by atoms with Gasteiger partial charge in [-0.05, 0) is 19.1 Å². The first-order chi connectivity index (χ1) is 13.7. The van der Waals surface area contributed by atoms with E-state index in [4.69, 9.17) is 14.7 Å². The summed E-state index contributed by atoms with van der Waals surface area (Å²) in [5.41, 5.74) is 2.23. The second-order valence-electron chi connectivity index (χ2n) is 6.68. The molecule has 1 fully saturated rings. The van der Waals surface area contributed by atoms with Crippen LogP contribution in [0.25, 0.3) is 23.0 Å². The van der Waals surface area contributed by atoms with Crippen molar-refractivity contribution in [2.24, 2.45) is 0 Å². The van der Waals surface area contributed by atoms with E-state index in [2.05, 4.69) is 31.1 Å². The van der Waals surface area contributed by atoms with Crippen molar-refractivity contribution in [1.82, 2.24) is 25.1 Å². The molecule has 1 saturated heterocycles. The average molecular weight is 375 g/mol. The van der Waals surface area contributed by atoms with Crippen molar-refractivity contribution >= 4 is 5.82 Å². The van der Waals surface area contributed by atoms with E-state index < -0.39 is 0 Å². The maximum absolute atomic E-state index is 8.74. The van der Waals surface area contributed by atoms with Crippen LogP contribution in [0, 0.1) is 18.3 Å². The second kappa shape index (κ2) is 8.15. The van der Waals surface area contributed by atoms with Crippen molar-refractivity contribution < 1.29 is 4.42 Å². The molecule has 0 saturated carbocycles. The molecule has 0 spiro atoms. The Balaban J connectivity index is 1.52. The number of nitrogens with zero attached hydrogens (tertiary/aromatic N) is 7. The molecule has 1 aromatic carbocycles. The van der Waals surface area contributed by atoms with Crippen molar-refractivity contribution in [3.05, 3.63) is 42.2 Å². The number of aromatic nitrogens is 4. The third-order valence-corrected chi connectivity index (χ3v) is 4.83. The largest absolute Gasteiger partial charge is 0.415 e. The number of hydrogen-bond donors (Lipinski definition) is 0. The summed E-state index contributed by atoms with van der Waals surface area (Å²) in [6.07, 6.45) is 2.35. The van der Waals surface area contributed by atoms with Gasteiger partial charge in [0.05, 0.1) is 18.0 Å². The van der Waals surface area contributed by atoms with E-state index in [1.807, 2.05) is 37.3 Å². The number of aryl methyl sites for hydroxylation is 1. The average Bonchev–Trinajstić information content (AvgIpc) is 3.24. The van der Waals surface area contributed by atoms with Crippen LogP contribution in [0.15, 0.2) is 40.9 Å². The van der Waals surface area contributed by atoms with E-state index in [1.165, 1.54) is 0 Å². The Morgan fingerprint density at radius 2 is 1.82 bits per heavy atom. The first-order valence-corrected chi connectivity index (χ1v) is 9.32. The Kier molecular flexibility index (Phi) is 5.26. The van der Waals surface area contributed by atoms with Gasteiger partial charge in [-0.1, -0.05) is 18.2 Å². The number of hydrogen-bond acceptors (Lipinski definition) is 8. The van der Waals surface area contributed by atoms with Gasteiger partial charge in [-0.3, -0.25) is 9.88 Å². The maximum atomic E-state index is 8.74. The first-order valence-electron chi connectivity index (χ1n) is 9.32. The molecule has 0 atom stereocenters. The van der Waals surface area contributed by atoms with Crippen LogP contribution in [0.2, 0.25) is 0 Å². The van der Waals surface area contributed by atoms with Gasteiger partial charge in [0.1, 0.15) is 5.82 Å². The molecule has 0 amide bonds. The smallest absolute Gasteiger partial charge is 0.268 e. The SMILES string of the molecule is Cc1ncc(N2CCN(CCC#N)CC2)nc1-c1nnc(-c2ccccc2)o1. The third kappa shape index (κ3) is 3.85. The summed E-state index contributed by atoms with van der Waals surface area (Å²) in [7, 11) is 0. The van der Waals surface area contributed by atoms with Gasteiger partial charge in [0.2, 0.25) is 5.89 Å². The Morgan fingerprint density at radius 1 is 1.07 bits per heavy atom. The number of anilines is 1. The lowest BCUT2D eigenvalue weighted by Crippen LogP contribution is -2.47. The van der Waals surface area contributed by atoms with E-state index in [1.54, 1.807) is 6.20 Å². The third-order valence-electron chi connectivity index (χ3n) is 4.83. The zero-order chi connectivity index (χ0) is 19.3. The molecule has 4 rings (SSSR count). The molecule has 1 aliphatic heterocycles. The Morgan fingerprint density at radius 3 is 2.57 bits per heavy atom. The van der Waals surface area contributed by atoms with Crippen molar-refractivity contribution in [3.63, 3.8) is 0 Å². The van der Waals surface area contributed by atoms with Crippen molar-refractivity contribution in [2.75, 3.05) is 37.6 Å². The zero-order valence-electron chi connectivity index (χ0n) is 15.7. The predicted octanol–water partition coefficient (Wildman–Crippen LogP) is 2.54. The minimum absolute atomic E-state index is 0.373. The van der Waals surface area contributed by atoms with E-state index >= 15 is 0 Å². The highest BCUT2D eigenvalue weighted by molar-refractivity contribution is 5.58. The highest BCUT2D eigenvalue weighted by Gasteiger charge is 2.21. The summed E-state index contributed by atoms with van der Waals surface area (Å²) in [5, 5.41) is 17.1. The van der Waals surface area contributed by atoms with Crippen molar-refractivity contribution in [3.8, 4) is 29.1 Å². The molecule has 0 bridgehead atoms. The molecule has 8 nitrogen and oxygen atoms in total. The molecule has 8 heteroatoms. The summed E-state index contributed by atoms with van der Waals surface area (Å²) < 4.78 is 5.86. The zero-order valence-corrected chi connectivity index (χ0v) is 15.7. The summed E-state index contributed by atoms with van der Waals surface area (Å²) in [6.45, 7) is 6.22. The van der Waals surface area contributed by atoms with Gasteiger partial charge in [0.15, 0.2) is 5.69 Å². The Bertz CT molecular complexity index is 972. The fraction of sp³-hybridized carbons (Fsp3) is 0.350. The molecular weight excluding hydrogens is 354 g/mol. The molecule has 142 valence electrons. The summed E-state index contributed by atoms with van der Waals surface area (Å²) in [4.78, 5) is 13.7. The fourth-order valence-corrected chi connectivity index (χ4v) is 3.22. The van der Waals surface area contributed by atoms with Gasteiger partial charge in [-0.2, -0.15) is 5.26 Å². The van der Waals surface area contributed by atoms with Crippen LogP contribution in [0.3, 0.4) is 0 Å². The van der Waals surface area contributed by atoms with E-state index in [0.29, 0.717) is 23.9 Å². The molecule has 0 N–H and O–H groups in total. The molecular formula is C20H21N7O. The number of nitriles is 1. The molecule has 0 radical (unpaired) electrons. The van der Waals surface area contributed by atoms with Gasteiger partial charge < -0.3 is 9.32 Å². The lowest BCUT2D eigenvalue weighted by molar-refractivity contribution is 0.263. The van der Waals surface area contributed by atoms with Gasteiger partial charge in [-0.25, -0.2) is 4.98 Å². The highest BCUT2D eigenvalue weighted by Crippen LogP contribution is 2.26. The topological polar surface area (TPSA) is 95.0 Å². The predicted molar refractivity (Wildman–Crippen MR) is 104 cm³/mol. The lowest BCUT2D eigenvalue weighted by Gasteiger charge is -2.34. The van der Waals surface area contributed by atoms with Crippen LogP contribution in [0.4, 0.5) is 5.82 Å². The molecule has 2 aromatic heterocycles. The van der Waals surface area contributed by atoms with Crippen LogP contribution in [-0.2, 0) is 0 Å². The summed E-state index contributed by atoms with van der Waals surface area (Å²) in [6, 6.07) is 11.9. The molecule has 0 aliphatic carbocycles. The highest BCUT2D eigenvalue weighted by atomic mass is 16.4. The van der Waals surface area contributed by atoms with E-state index in [-0.39, 0.29) is 0 Å². The van der Waals surface area contributed by atoms with Crippen LogP contribution in [0.5, 0.6) is 0 Å². The van der Waals surface area contributed by atoms with Crippen LogP contribution >= 0.6 is 0 Å². The Hall–Kier alpha value is -3.31. The fourth-order valence-electron chi connectivity index (χ4n) is 3.22. The minimum atomic E-state index is 0.373. The maximum Gasteiger partial charge on any atom is 0.268 e. The molecule has 3 heterocycles. The Labute approximate surface area is 163 Å². The molecule has 0 unspecified atom stereocenters. The first kappa shape index (κ1) is 18.1. The van der Waals surface area contributed by atoms with E-state index in [0.717, 1.165) is 49.8 Å². The van der Waals surface area contributed by atoms with Crippen molar-refractivity contribution in [2.45, 2.75) is 13.3 Å². The molecule has 1 aliphatic rings.